The number of rotatable bonds is 4. The summed E-state index contributed by atoms with van der Waals surface area (Å²) in [4.78, 5) is 11.3. The van der Waals surface area contributed by atoms with Crippen LogP contribution in [-0.2, 0) is 4.74 Å². The smallest absolute Gasteiger partial charge is 0.408 e. The summed E-state index contributed by atoms with van der Waals surface area (Å²) in [6.07, 6.45) is -0.943. The highest BCUT2D eigenvalue weighted by molar-refractivity contribution is 5.68. The van der Waals surface area contributed by atoms with Crippen LogP contribution in [0.4, 0.5) is 4.79 Å². The van der Waals surface area contributed by atoms with Crippen molar-refractivity contribution in [3.63, 3.8) is 0 Å². The van der Waals surface area contributed by atoms with Crippen molar-refractivity contribution in [2.24, 2.45) is 0 Å². The molecule has 0 aromatic rings. The number of ether oxygens (including phenoxy) is 1. The van der Waals surface area contributed by atoms with Crippen molar-refractivity contribution >= 4 is 6.09 Å². The molecule has 0 saturated heterocycles. The van der Waals surface area contributed by atoms with Gasteiger partial charge in [-0.15, -0.1) is 0 Å². The molecule has 5 heteroatoms. The first kappa shape index (κ1) is 14.2. The molecule has 0 unspecified atom stereocenters. The van der Waals surface area contributed by atoms with Crippen molar-refractivity contribution in [2.45, 2.75) is 58.5 Å². The van der Waals surface area contributed by atoms with E-state index in [0.29, 0.717) is 6.42 Å². The molecule has 1 amide bonds. The molecule has 5 nitrogen and oxygen atoms in total. The summed E-state index contributed by atoms with van der Waals surface area (Å²) in [5.74, 6) is 0. The number of alkyl carbamates (subject to hydrolysis) is 1. The standard InChI is InChI=1S/C10H21NO4/c1-5-6-7(8(12)13)11-9(14)15-10(2,3)4/h7-8,12-13H,5-6H2,1-4H3,(H,11,14)/t7-/m0/s1. The molecular formula is C10H21NO4. The molecule has 0 aliphatic rings. The molecule has 0 bridgehead atoms. The molecule has 0 aromatic carbocycles. The Labute approximate surface area is 90.4 Å². The molecule has 0 aliphatic heterocycles. The molecule has 0 fully saturated rings. The normalized spacial score (nSPS) is 13.8. The lowest BCUT2D eigenvalue weighted by atomic mass is 10.1. The van der Waals surface area contributed by atoms with Gasteiger partial charge in [0, 0.05) is 0 Å². The Hall–Kier alpha value is -0.810. The summed E-state index contributed by atoms with van der Waals surface area (Å²) in [5.41, 5.74) is -0.582. The third kappa shape index (κ3) is 7.16. The van der Waals surface area contributed by atoms with Crippen LogP contribution in [0.2, 0.25) is 0 Å². The van der Waals surface area contributed by atoms with Gasteiger partial charge in [0.2, 0.25) is 0 Å². The van der Waals surface area contributed by atoms with E-state index in [9.17, 15) is 4.79 Å². The van der Waals surface area contributed by atoms with Crippen molar-refractivity contribution in [1.29, 1.82) is 0 Å². The van der Waals surface area contributed by atoms with Gasteiger partial charge < -0.3 is 20.3 Å². The van der Waals surface area contributed by atoms with E-state index in [1.165, 1.54) is 0 Å². The van der Waals surface area contributed by atoms with Gasteiger partial charge in [-0.1, -0.05) is 13.3 Å². The maximum atomic E-state index is 11.3. The van der Waals surface area contributed by atoms with Crippen LogP contribution in [0.15, 0.2) is 0 Å². The van der Waals surface area contributed by atoms with E-state index in [1.807, 2.05) is 6.92 Å². The van der Waals surface area contributed by atoms with E-state index < -0.39 is 24.0 Å². The Kier molecular flexibility index (Phi) is 5.60. The number of hydrogen-bond donors (Lipinski definition) is 3. The number of amides is 1. The van der Waals surface area contributed by atoms with Crippen molar-refractivity contribution < 1.29 is 19.7 Å². The zero-order chi connectivity index (χ0) is 12.1. The summed E-state index contributed by atoms with van der Waals surface area (Å²) in [5, 5.41) is 20.4. The van der Waals surface area contributed by atoms with E-state index in [-0.39, 0.29) is 0 Å². The van der Waals surface area contributed by atoms with Gasteiger partial charge in [0.15, 0.2) is 6.29 Å². The first-order valence-corrected chi connectivity index (χ1v) is 5.12. The number of aliphatic hydroxyl groups is 2. The van der Waals surface area contributed by atoms with Gasteiger partial charge in [0.25, 0.3) is 0 Å². The average Bonchev–Trinajstić information content (AvgIpc) is 1.99. The van der Waals surface area contributed by atoms with Crippen LogP contribution in [0.25, 0.3) is 0 Å². The third-order valence-corrected chi connectivity index (χ3v) is 1.66. The molecule has 1 atom stereocenters. The molecule has 0 radical (unpaired) electrons. The van der Waals surface area contributed by atoms with Crippen molar-refractivity contribution in [3.05, 3.63) is 0 Å². The van der Waals surface area contributed by atoms with Gasteiger partial charge in [-0.05, 0) is 27.2 Å². The minimum absolute atomic E-state index is 0.497. The fraction of sp³-hybridized carbons (Fsp3) is 0.900. The number of nitrogens with one attached hydrogen (secondary N) is 1. The maximum absolute atomic E-state index is 11.3. The van der Waals surface area contributed by atoms with Gasteiger partial charge in [-0.3, -0.25) is 0 Å². The quantitative estimate of drug-likeness (QED) is 0.616. The predicted molar refractivity (Wildman–Crippen MR) is 56.3 cm³/mol. The fourth-order valence-electron chi connectivity index (χ4n) is 1.07. The Morgan fingerprint density at radius 1 is 1.40 bits per heavy atom. The average molecular weight is 219 g/mol. The second-order valence-corrected chi connectivity index (χ2v) is 4.46. The molecule has 15 heavy (non-hydrogen) atoms. The fourth-order valence-corrected chi connectivity index (χ4v) is 1.07. The van der Waals surface area contributed by atoms with Crippen LogP contribution >= 0.6 is 0 Å². The SMILES string of the molecule is CCC[C@H](NC(=O)OC(C)(C)C)C(O)O. The van der Waals surface area contributed by atoms with Gasteiger partial charge in [-0.25, -0.2) is 4.79 Å². The van der Waals surface area contributed by atoms with Gasteiger partial charge >= 0.3 is 6.09 Å². The summed E-state index contributed by atoms with van der Waals surface area (Å²) >= 11 is 0. The molecular weight excluding hydrogens is 198 g/mol. The maximum Gasteiger partial charge on any atom is 0.408 e. The highest BCUT2D eigenvalue weighted by Crippen LogP contribution is 2.08. The molecule has 0 rings (SSSR count). The zero-order valence-corrected chi connectivity index (χ0v) is 9.78. The largest absolute Gasteiger partial charge is 0.444 e. The number of hydrogen-bond acceptors (Lipinski definition) is 4. The summed E-state index contributed by atoms with van der Waals surface area (Å²) in [6.45, 7) is 7.14. The van der Waals surface area contributed by atoms with Crippen LogP contribution < -0.4 is 5.32 Å². The van der Waals surface area contributed by atoms with E-state index in [1.54, 1.807) is 20.8 Å². The van der Waals surface area contributed by atoms with Crippen LogP contribution in [-0.4, -0.2) is 34.2 Å². The van der Waals surface area contributed by atoms with Crippen molar-refractivity contribution in [2.75, 3.05) is 0 Å². The molecule has 0 spiro atoms. The van der Waals surface area contributed by atoms with Gasteiger partial charge in [0.05, 0.1) is 6.04 Å². The van der Waals surface area contributed by atoms with E-state index >= 15 is 0 Å². The highest BCUT2D eigenvalue weighted by Gasteiger charge is 2.22. The lowest BCUT2D eigenvalue weighted by Crippen LogP contribution is -2.45. The van der Waals surface area contributed by atoms with E-state index in [0.717, 1.165) is 6.42 Å². The van der Waals surface area contributed by atoms with E-state index in [4.69, 9.17) is 14.9 Å². The molecule has 0 saturated carbocycles. The Balaban J connectivity index is 4.11. The monoisotopic (exact) mass is 219 g/mol. The second-order valence-electron chi connectivity index (χ2n) is 4.46. The second kappa shape index (κ2) is 5.92. The lowest BCUT2D eigenvalue weighted by molar-refractivity contribution is -0.0699. The van der Waals surface area contributed by atoms with Gasteiger partial charge in [-0.2, -0.15) is 0 Å². The number of aliphatic hydroxyl groups excluding tert-OH is 1. The van der Waals surface area contributed by atoms with Crippen LogP contribution in [0, 0.1) is 0 Å². The first-order valence-electron chi connectivity index (χ1n) is 5.12. The predicted octanol–water partition coefficient (Wildman–Crippen LogP) is 0.990. The summed E-state index contributed by atoms with van der Waals surface area (Å²) < 4.78 is 4.99. The Morgan fingerprint density at radius 2 is 1.93 bits per heavy atom. The molecule has 0 heterocycles. The van der Waals surface area contributed by atoms with Crippen molar-refractivity contribution in [1.82, 2.24) is 5.32 Å². The topological polar surface area (TPSA) is 78.8 Å². The Morgan fingerprint density at radius 3 is 2.27 bits per heavy atom. The lowest BCUT2D eigenvalue weighted by Gasteiger charge is -2.24. The molecule has 90 valence electrons. The van der Waals surface area contributed by atoms with E-state index in [2.05, 4.69) is 5.32 Å². The highest BCUT2D eigenvalue weighted by atomic mass is 16.6. The third-order valence-electron chi connectivity index (χ3n) is 1.66. The first-order chi connectivity index (χ1) is 6.76. The zero-order valence-electron chi connectivity index (χ0n) is 9.78. The molecule has 3 N–H and O–H groups in total. The summed E-state index contributed by atoms with van der Waals surface area (Å²) in [6, 6.07) is -0.676. The van der Waals surface area contributed by atoms with Crippen LogP contribution in [0.5, 0.6) is 0 Å². The minimum atomic E-state index is -1.56. The number of carbonyl (C=O) groups is 1. The minimum Gasteiger partial charge on any atom is -0.444 e. The van der Waals surface area contributed by atoms with Crippen LogP contribution in [0.3, 0.4) is 0 Å². The Bertz CT molecular complexity index is 198. The molecule has 0 aliphatic carbocycles. The van der Waals surface area contributed by atoms with Crippen LogP contribution in [0.1, 0.15) is 40.5 Å². The summed E-state index contributed by atoms with van der Waals surface area (Å²) in [7, 11) is 0. The molecule has 0 aromatic heterocycles. The number of carbonyl (C=O) groups excluding carboxylic acids is 1. The van der Waals surface area contributed by atoms with Crippen molar-refractivity contribution in [3.8, 4) is 0 Å². The van der Waals surface area contributed by atoms with Gasteiger partial charge in [0.1, 0.15) is 5.60 Å².